The summed E-state index contributed by atoms with van der Waals surface area (Å²) in [4.78, 5) is 0. The molecule has 0 bridgehead atoms. The van der Waals surface area contributed by atoms with E-state index in [0.29, 0.717) is 0 Å². The molecular weight excluding hydrogens is 184 g/mol. The van der Waals surface area contributed by atoms with Crippen molar-refractivity contribution in [1.29, 1.82) is 0 Å². The van der Waals surface area contributed by atoms with E-state index in [4.69, 9.17) is 5.84 Å². The first kappa shape index (κ1) is 12.0. The van der Waals surface area contributed by atoms with Crippen molar-refractivity contribution in [2.45, 2.75) is 33.2 Å². The van der Waals surface area contributed by atoms with Crippen LogP contribution in [0, 0.1) is 6.92 Å². The largest absolute Gasteiger partial charge is 0.271 e. The lowest BCUT2D eigenvalue weighted by Crippen LogP contribution is -2.35. The van der Waals surface area contributed by atoms with Crippen LogP contribution in [0.3, 0.4) is 0 Å². The maximum atomic E-state index is 5.52. The predicted octanol–water partition coefficient (Wildman–Crippen LogP) is 2.34. The Kier molecular flexibility index (Phi) is 4.53. The molecular formula is C13H20N2. The minimum absolute atomic E-state index is 0.219. The van der Waals surface area contributed by atoms with Gasteiger partial charge in [0.05, 0.1) is 0 Å². The fourth-order valence-corrected chi connectivity index (χ4v) is 1.64. The lowest BCUT2D eigenvalue weighted by Gasteiger charge is -2.14. The van der Waals surface area contributed by atoms with Gasteiger partial charge in [-0.05, 0) is 38.3 Å². The van der Waals surface area contributed by atoms with Crippen molar-refractivity contribution in [3.63, 3.8) is 0 Å². The highest BCUT2D eigenvalue weighted by molar-refractivity contribution is 5.27. The van der Waals surface area contributed by atoms with Crippen LogP contribution < -0.4 is 11.3 Å². The zero-order valence-corrected chi connectivity index (χ0v) is 9.75. The molecule has 3 N–H and O–H groups in total. The molecule has 0 radical (unpaired) electrons. The average Bonchev–Trinajstić information content (AvgIpc) is 2.19. The van der Waals surface area contributed by atoms with Crippen LogP contribution in [0.2, 0.25) is 0 Å². The number of nitrogens with two attached hydrogens (primary N) is 1. The number of nitrogens with one attached hydrogen (secondary N) is 1. The third-order valence-electron chi connectivity index (χ3n) is 2.45. The standard InChI is InChI=1S/C13H20N2/c1-10(2)8-13(15-14)9-12-7-5-4-6-11(12)3/h4-8,13,15H,9,14H2,1-3H3. The van der Waals surface area contributed by atoms with Crippen molar-refractivity contribution in [3.8, 4) is 0 Å². The molecule has 0 aliphatic rings. The number of hydrogen-bond acceptors (Lipinski definition) is 2. The van der Waals surface area contributed by atoms with Crippen LogP contribution in [-0.2, 0) is 6.42 Å². The number of benzene rings is 1. The zero-order valence-electron chi connectivity index (χ0n) is 9.75. The van der Waals surface area contributed by atoms with Crippen molar-refractivity contribution in [1.82, 2.24) is 5.43 Å². The molecule has 0 aliphatic carbocycles. The van der Waals surface area contributed by atoms with Gasteiger partial charge >= 0.3 is 0 Å². The van der Waals surface area contributed by atoms with Crippen LogP contribution in [0.25, 0.3) is 0 Å². The van der Waals surface area contributed by atoms with Gasteiger partial charge in [0.1, 0.15) is 0 Å². The van der Waals surface area contributed by atoms with E-state index in [-0.39, 0.29) is 6.04 Å². The monoisotopic (exact) mass is 204 g/mol. The number of rotatable bonds is 4. The van der Waals surface area contributed by atoms with E-state index in [1.54, 1.807) is 0 Å². The molecule has 1 aromatic carbocycles. The molecule has 0 saturated heterocycles. The fraction of sp³-hybridized carbons (Fsp3) is 0.385. The van der Waals surface area contributed by atoms with Crippen LogP contribution in [0.5, 0.6) is 0 Å². The lowest BCUT2D eigenvalue weighted by atomic mass is 10.0. The second kappa shape index (κ2) is 5.69. The Hall–Kier alpha value is -1.12. The minimum Gasteiger partial charge on any atom is -0.271 e. The molecule has 0 aromatic heterocycles. The highest BCUT2D eigenvalue weighted by Crippen LogP contribution is 2.10. The minimum atomic E-state index is 0.219. The van der Waals surface area contributed by atoms with Crippen LogP contribution in [0.15, 0.2) is 35.9 Å². The van der Waals surface area contributed by atoms with Crippen LogP contribution in [0.1, 0.15) is 25.0 Å². The Morgan fingerprint density at radius 3 is 2.60 bits per heavy atom. The number of allylic oxidation sites excluding steroid dienone is 1. The van der Waals surface area contributed by atoms with Gasteiger partial charge in [-0.3, -0.25) is 11.3 Å². The Bertz CT molecular complexity index is 338. The average molecular weight is 204 g/mol. The molecule has 0 amide bonds. The SMILES string of the molecule is CC(C)=CC(Cc1ccccc1C)NN. The first-order valence-electron chi connectivity index (χ1n) is 5.29. The van der Waals surface area contributed by atoms with Gasteiger partial charge in [0.2, 0.25) is 0 Å². The van der Waals surface area contributed by atoms with Gasteiger partial charge in [-0.25, -0.2) is 0 Å². The van der Waals surface area contributed by atoms with Crippen molar-refractivity contribution in [3.05, 3.63) is 47.0 Å². The quantitative estimate of drug-likeness (QED) is 0.449. The van der Waals surface area contributed by atoms with Gasteiger partial charge in [0.25, 0.3) is 0 Å². The summed E-state index contributed by atoms with van der Waals surface area (Å²) in [6.07, 6.45) is 3.10. The summed E-state index contributed by atoms with van der Waals surface area (Å²) >= 11 is 0. The molecule has 1 unspecified atom stereocenters. The molecule has 1 rings (SSSR count). The van der Waals surface area contributed by atoms with Gasteiger partial charge in [-0.15, -0.1) is 0 Å². The first-order valence-corrected chi connectivity index (χ1v) is 5.29. The second-order valence-corrected chi connectivity index (χ2v) is 4.15. The number of hydrazine groups is 1. The Balaban J connectivity index is 2.75. The molecule has 82 valence electrons. The maximum absolute atomic E-state index is 5.52. The Labute approximate surface area is 92.2 Å². The Morgan fingerprint density at radius 2 is 2.07 bits per heavy atom. The van der Waals surface area contributed by atoms with Crippen LogP contribution in [-0.4, -0.2) is 6.04 Å². The zero-order chi connectivity index (χ0) is 11.3. The van der Waals surface area contributed by atoms with E-state index in [1.165, 1.54) is 16.7 Å². The first-order chi connectivity index (χ1) is 7.13. The molecule has 2 heteroatoms. The third-order valence-corrected chi connectivity index (χ3v) is 2.45. The fourth-order valence-electron chi connectivity index (χ4n) is 1.64. The van der Waals surface area contributed by atoms with E-state index >= 15 is 0 Å². The Morgan fingerprint density at radius 1 is 1.40 bits per heavy atom. The molecule has 0 aliphatic heterocycles. The molecule has 0 spiro atoms. The van der Waals surface area contributed by atoms with Crippen molar-refractivity contribution >= 4 is 0 Å². The summed E-state index contributed by atoms with van der Waals surface area (Å²) in [5.74, 6) is 5.52. The smallest absolute Gasteiger partial charge is 0.0433 e. The van der Waals surface area contributed by atoms with Crippen LogP contribution >= 0.6 is 0 Å². The van der Waals surface area contributed by atoms with Gasteiger partial charge in [0, 0.05) is 6.04 Å². The van der Waals surface area contributed by atoms with Crippen molar-refractivity contribution in [2.24, 2.45) is 5.84 Å². The molecule has 0 fully saturated rings. The summed E-state index contributed by atoms with van der Waals surface area (Å²) in [5, 5.41) is 0. The highest BCUT2D eigenvalue weighted by atomic mass is 15.2. The summed E-state index contributed by atoms with van der Waals surface area (Å²) in [5.41, 5.74) is 6.78. The van der Waals surface area contributed by atoms with E-state index in [9.17, 15) is 0 Å². The summed E-state index contributed by atoms with van der Waals surface area (Å²) in [6.45, 7) is 6.30. The summed E-state index contributed by atoms with van der Waals surface area (Å²) < 4.78 is 0. The van der Waals surface area contributed by atoms with Crippen molar-refractivity contribution < 1.29 is 0 Å². The summed E-state index contributed by atoms with van der Waals surface area (Å²) in [7, 11) is 0. The van der Waals surface area contributed by atoms with Gasteiger partial charge in [-0.2, -0.15) is 0 Å². The van der Waals surface area contributed by atoms with Gasteiger partial charge < -0.3 is 0 Å². The van der Waals surface area contributed by atoms with Crippen LogP contribution in [0.4, 0.5) is 0 Å². The predicted molar refractivity (Wildman–Crippen MR) is 65.4 cm³/mol. The van der Waals surface area contributed by atoms with E-state index < -0.39 is 0 Å². The maximum Gasteiger partial charge on any atom is 0.0433 e. The normalized spacial score (nSPS) is 12.3. The second-order valence-electron chi connectivity index (χ2n) is 4.15. The topological polar surface area (TPSA) is 38.0 Å². The number of aryl methyl sites for hydroxylation is 1. The van der Waals surface area contributed by atoms with E-state index in [0.717, 1.165) is 6.42 Å². The molecule has 15 heavy (non-hydrogen) atoms. The highest BCUT2D eigenvalue weighted by Gasteiger charge is 2.05. The van der Waals surface area contributed by atoms with Gasteiger partial charge in [-0.1, -0.05) is 35.9 Å². The van der Waals surface area contributed by atoms with Crippen molar-refractivity contribution in [2.75, 3.05) is 0 Å². The molecule has 1 aromatic rings. The molecule has 2 nitrogen and oxygen atoms in total. The van der Waals surface area contributed by atoms with Gasteiger partial charge in [0.15, 0.2) is 0 Å². The number of hydrogen-bond donors (Lipinski definition) is 2. The molecule has 0 saturated carbocycles. The lowest BCUT2D eigenvalue weighted by molar-refractivity contribution is 0.612. The summed E-state index contributed by atoms with van der Waals surface area (Å²) in [6, 6.07) is 8.63. The van der Waals surface area contributed by atoms with E-state index in [1.807, 2.05) is 0 Å². The molecule has 1 atom stereocenters. The molecule has 0 heterocycles. The van der Waals surface area contributed by atoms with E-state index in [2.05, 4.69) is 56.5 Å². The third kappa shape index (κ3) is 3.86.